The monoisotopic (exact) mass is 285 g/mol. The maximum absolute atomic E-state index is 11.4. The van der Waals surface area contributed by atoms with Crippen LogP contribution in [0.4, 0.5) is 4.79 Å². The zero-order valence-corrected chi connectivity index (χ0v) is 13.3. The fourth-order valence-corrected chi connectivity index (χ4v) is 2.28. The van der Waals surface area contributed by atoms with E-state index < -0.39 is 5.60 Å². The number of hydrogen-bond acceptors (Lipinski definition) is 4. The van der Waals surface area contributed by atoms with Crippen molar-refractivity contribution in [1.29, 1.82) is 0 Å². The van der Waals surface area contributed by atoms with E-state index in [-0.39, 0.29) is 6.09 Å². The summed E-state index contributed by atoms with van der Waals surface area (Å²) in [5.41, 5.74) is -0.419. The summed E-state index contributed by atoms with van der Waals surface area (Å²) in [6, 6.07) is 0. The highest BCUT2D eigenvalue weighted by atomic mass is 16.6. The minimum atomic E-state index is -0.419. The molecule has 0 aliphatic carbocycles. The summed E-state index contributed by atoms with van der Waals surface area (Å²) >= 11 is 0. The second kappa shape index (κ2) is 9.19. The predicted octanol–water partition coefficient (Wildman–Crippen LogP) is 1.98. The molecule has 0 radical (unpaired) electrons. The van der Waals surface area contributed by atoms with Gasteiger partial charge in [-0.05, 0) is 79.2 Å². The molecule has 0 atom stereocenters. The van der Waals surface area contributed by atoms with Crippen molar-refractivity contribution < 1.29 is 9.53 Å². The van der Waals surface area contributed by atoms with Crippen LogP contribution in [-0.2, 0) is 4.74 Å². The Morgan fingerprint density at radius 3 is 2.40 bits per heavy atom. The Labute approximate surface area is 123 Å². The molecule has 1 aliphatic rings. The van der Waals surface area contributed by atoms with Gasteiger partial charge in [0, 0.05) is 6.54 Å². The molecule has 0 aromatic heterocycles. The zero-order chi connectivity index (χ0) is 14.8. The lowest BCUT2D eigenvalue weighted by molar-refractivity contribution is 0.0527. The van der Waals surface area contributed by atoms with Gasteiger partial charge in [-0.25, -0.2) is 4.79 Å². The van der Waals surface area contributed by atoms with Gasteiger partial charge in [-0.2, -0.15) is 0 Å². The van der Waals surface area contributed by atoms with E-state index in [0.717, 1.165) is 19.5 Å². The second-order valence-electron chi connectivity index (χ2n) is 6.43. The van der Waals surface area contributed by atoms with Gasteiger partial charge in [0.2, 0.25) is 0 Å². The van der Waals surface area contributed by atoms with Crippen molar-refractivity contribution in [3.8, 4) is 0 Å². The van der Waals surface area contributed by atoms with Gasteiger partial charge in [0.1, 0.15) is 5.60 Å². The number of likely N-dealkylation sites (tertiary alicyclic amines) is 1. The molecule has 1 amide bonds. The first kappa shape index (κ1) is 17.2. The van der Waals surface area contributed by atoms with Crippen LogP contribution < -0.4 is 10.6 Å². The SMILES string of the molecule is CC(C)(C)OC(=O)NCCCNCCCN1CCCC1. The number of alkyl carbamates (subject to hydrolysis) is 1. The van der Waals surface area contributed by atoms with Crippen molar-refractivity contribution >= 4 is 6.09 Å². The molecule has 1 aliphatic heterocycles. The Morgan fingerprint density at radius 1 is 1.10 bits per heavy atom. The molecule has 5 nitrogen and oxygen atoms in total. The van der Waals surface area contributed by atoms with Crippen molar-refractivity contribution in [2.24, 2.45) is 0 Å². The first-order valence-corrected chi connectivity index (χ1v) is 7.87. The molecule has 1 rings (SSSR count). The summed E-state index contributed by atoms with van der Waals surface area (Å²) in [5, 5.41) is 6.18. The third kappa shape index (κ3) is 9.15. The first-order valence-electron chi connectivity index (χ1n) is 7.87. The zero-order valence-electron chi connectivity index (χ0n) is 13.3. The van der Waals surface area contributed by atoms with Gasteiger partial charge >= 0.3 is 6.09 Å². The van der Waals surface area contributed by atoms with Gasteiger partial charge in [-0.15, -0.1) is 0 Å². The van der Waals surface area contributed by atoms with Crippen LogP contribution >= 0.6 is 0 Å². The van der Waals surface area contributed by atoms with E-state index in [1.54, 1.807) is 0 Å². The summed E-state index contributed by atoms with van der Waals surface area (Å²) in [6.45, 7) is 12.0. The van der Waals surface area contributed by atoms with E-state index >= 15 is 0 Å². The lowest BCUT2D eigenvalue weighted by Gasteiger charge is -2.19. The van der Waals surface area contributed by atoms with Crippen LogP contribution in [0.5, 0.6) is 0 Å². The van der Waals surface area contributed by atoms with Crippen molar-refractivity contribution in [3.05, 3.63) is 0 Å². The van der Waals surface area contributed by atoms with Gasteiger partial charge in [-0.3, -0.25) is 0 Å². The van der Waals surface area contributed by atoms with E-state index in [1.165, 1.54) is 38.9 Å². The second-order valence-corrected chi connectivity index (χ2v) is 6.43. The number of amides is 1. The number of carbonyl (C=O) groups excluding carboxylic acids is 1. The van der Waals surface area contributed by atoms with Gasteiger partial charge in [0.15, 0.2) is 0 Å². The number of nitrogens with zero attached hydrogens (tertiary/aromatic N) is 1. The summed E-state index contributed by atoms with van der Waals surface area (Å²) in [4.78, 5) is 13.9. The molecule has 20 heavy (non-hydrogen) atoms. The molecule has 0 aromatic carbocycles. The minimum Gasteiger partial charge on any atom is -0.444 e. The van der Waals surface area contributed by atoms with Crippen molar-refractivity contribution in [2.45, 2.75) is 52.1 Å². The average molecular weight is 285 g/mol. The third-order valence-electron chi connectivity index (χ3n) is 3.23. The third-order valence-corrected chi connectivity index (χ3v) is 3.23. The number of rotatable bonds is 8. The molecule has 1 fully saturated rings. The van der Waals surface area contributed by atoms with Gasteiger partial charge in [0.25, 0.3) is 0 Å². The summed E-state index contributed by atoms with van der Waals surface area (Å²) in [5.74, 6) is 0. The molecule has 1 saturated heterocycles. The normalized spacial score (nSPS) is 16.4. The molecule has 5 heteroatoms. The number of ether oxygens (including phenoxy) is 1. The van der Waals surface area contributed by atoms with Crippen LogP contribution in [0.15, 0.2) is 0 Å². The smallest absolute Gasteiger partial charge is 0.407 e. The molecule has 0 saturated carbocycles. The maximum atomic E-state index is 11.4. The Kier molecular flexibility index (Phi) is 7.92. The van der Waals surface area contributed by atoms with E-state index in [4.69, 9.17) is 4.74 Å². The molecule has 2 N–H and O–H groups in total. The van der Waals surface area contributed by atoms with Crippen molar-refractivity contribution in [1.82, 2.24) is 15.5 Å². The predicted molar refractivity (Wildman–Crippen MR) is 82.0 cm³/mol. The van der Waals surface area contributed by atoms with Crippen LogP contribution in [0.1, 0.15) is 46.5 Å². The largest absolute Gasteiger partial charge is 0.444 e. The summed E-state index contributed by atoms with van der Waals surface area (Å²) in [7, 11) is 0. The molecule has 0 bridgehead atoms. The van der Waals surface area contributed by atoms with Crippen LogP contribution in [0.2, 0.25) is 0 Å². The molecule has 1 heterocycles. The topological polar surface area (TPSA) is 53.6 Å². The average Bonchev–Trinajstić information content (AvgIpc) is 2.83. The number of carbonyl (C=O) groups is 1. The van der Waals surface area contributed by atoms with Crippen LogP contribution in [0.3, 0.4) is 0 Å². The molecule has 0 aromatic rings. The van der Waals surface area contributed by atoms with Crippen molar-refractivity contribution in [2.75, 3.05) is 39.3 Å². The fourth-order valence-electron chi connectivity index (χ4n) is 2.28. The highest BCUT2D eigenvalue weighted by Crippen LogP contribution is 2.07. The van der Waals surface area contributed by atoms with Crippen LogP contribution in [0.25, 0.3) is 0 Å². The van der Waals surface area contributed by atoms with Gasteiger partial charge in [0.05, 0.1) is 0 Å². The molecule has 0 unspecified atom stereocenters. The lowest BCUT2D eigenvalue weighted by atomic mass is 10.2. The Balaban J connectivity index is 1.83. The lowest BCUT2D eigenvalue weighted by Crippen LogP contribution is -2.34. The number of hydrogen-bond donors (Lipinski definition) is 2. The van der Waals surface area contributed by atoms with Gasteiger partial charge < -0.3 is 20.3 Å². The van der Waals surface area contributed by atoms with E-state index in [9.17, 15) is 4.79 Å². The maximum Gasteiger partial charge on any atom is 0.407 e. The van der Waals surface area contributed by atoms with E-state index in [2.05, 4.69) is 15.5 Å². The van der Waals surface area contributed by atoms with Crippen LogP contribution in [-0.4, -0.2) is 55.9 Å². The van der Waals surface area contributed by atoms with Crippen molar-refractivity contribution in [3.63, 3.8) is 0 Å². The Morgan fingerprint density at radius 2 is 1.75 bits per heavy atom. The number of nitrogens with one attached hydrogen (secondary N) is 2. The van der Waals surface area contributed by atoms with E-state index in [0.29, 0.717) is 6.54 Å². The Bertz CT molecular complexity index is 271. The van der Waals surface area contributed by atoms with Gasteiger partial charge in [-0.1, -0.05) is 0 Å². The summed E-state index contributed by atoms with van der Waals surface area (Å²) < 4.78 is 5.16. The highest BCUT2D eigenvalue weighted by Gasteiger charge is 2.15. The van der Waals surface area contributed by atoms with E-state index in [1.807, 2.05) is 20.8 Å². The highest BCUT2D eigenvalue weighted by molar-refractivity contribution is 5.67. The fraction of sp³-hybridized carbons (Fsp3) is 0.933. The quantitative estimate of drug-likeness (QED) is 0.670. The molecular weight excluding hydrogens is 254 g/mol. The molecule has 118 valence electrons. The Hall–Kier alpha value is -0.810. The molecule has 0 spiro atoms. The minimum absolute atomic E-state index is 0.327. The molecular formula is C15H31N3O2. The van der Waals surface area contributed by atoms with Crippen LogP contribution in [0, 0.1) is 0 Å². The first-order chi connectivity index (χ1) is 9.47. The standard InChI is InChI=1S/C15H31N3O2/c1-15(2,3)20-14(19)17-10-6-8-16-9-7-13-18-11-4-5-12-18/h16H,4-13H2,1-3H3,(H,17,19). The summed E-state index contributed by atoms with van der Waals surface area (Å²) in [6.07, 6.45) is 4.54.